The molecule has 9 nitrogen and oxygen atoms in total. The van der Waals surface area contributed by atoms with E-state index < -0.39 is 16.0 Å². The molecule has 0 amide bonds. The number of aromatic nitrogens is 2. The molecule has 3 heterocycles. The summed E-state index contributed by atoms with van der Waals surface area (Å²) in [4.78, 5) is 17.5. The van der Waals surface area contributed by atoms with Gasteiger partial charge in [-0.25, -0.2) is 18.2 Å². The number of carbonyl (C=O) groups is 1. The van der Waals surface area contributed by atoms with Crippen LogP contribution in [0.4, 0.5) is 0 Å². The van der Waals surface area contributed by atoms with Gasteiger partial charge in [-0.15, -0.1) is 0 Å². The van der Waals surface area contributed by atoms with E-state index in [0.29, 0.717) is 49.8 Å². The van der Waals surface area contributed by atoms with Crippen LogP contribution in [0, 0.1) is 6.92 Å². The Labute approximate surface area is 196 Å². The van der Waals surface area contributed by atoms with E-state index in [0.717, 1.165) is 16.5 Å². The van der Waals surface area contributed by atoms with Gasteiger partial charge in [0, 0.05) is 30.6 Å². The Balaban J connectivity index is 1.41. The van der Waals surface area contributed by atoms with Crippen molar-refractivity contribution in [2.45, 2.75) is 31.9 Å². The summed E-state index contributed by atoms with van der Waals surface area (Å²) in [6.45, 7) is 5.71. The number of carbonyl (C=O) groups excluding carboxylic acids is 1. The standard InChI is InChI=1S/C24H25N3O6S/c1-3-27-20-9-8-17(34(29,30)26-10-12-31-13-11-26)14-19(20)25-22(27)15-32-24(28)23-16(2)18-6-4-5-7-21(18)33-23/h4-9,14H,3,10-13,15H2,1-2H3. The highest BCUT2D eigenvalue weighted by molar-refractivity contribution is 7.89. The van der Waals surface area contributed by atoms with Gasteiger partial charge < -0.3 is 18.5 Å². The third kappa shape index (κ3) is 3.87. The third-order valence-electron chi connectivity index (χ3n) is 6.08. The number of para-hydroxylation sites is 1. The average Bonchev–Trinajstić information content (AvgIpc) is 3.39. The SMILES string of the molecule is CCn1c(COC(=O)c2oc3ccccc3c2C)nc2cc(S(=O)(=O)N3CCOCC3)ccc21. The number of rotatable bonds is 6. The van der Waals surface area contributed by atoms with Crippen LogP contribution in [0.1, 0.15) is 28.9 Å². The monoisotopic (exact) mass is 483 g/mol. The smallest absolute Gasteiger partial charge is 0.375 e. The van der Waals surface area contributed by atoms with E-state index in [4.69, 9.17) is 13.9 Å². The van der Waals surface area contributed by atoms with Gasteiger partial charge in [0.25, 0.3) is 0 Å². The molecule has 1 aliphatic rings. The zero-order chi connectivity index (χ0) is 23.9. The number of nitrogens with zero attached hydrogens (tertiary/aromatic N) is 3. The lowest BCUT2D eigenvalue weighted by Gasteiger charge is -2.26. The first-order valence-corrected chi connectivity index (χ1v) is 12.6. The zero-order valence-corrected chi connectivity index (χ0v) is 19.8. The maximum Gasteiger partial charge on any atom is 0.375 e. The van der Waals surface area contributed by atoms with E-state index in [-0.39, 0.29) is 17.3 Å². The normalized spacial score (nSPS) is 15.2. The summed E-state index contributed by atoms with van der Waals surface area (Å²) in [6, 6.07) is 12.3. The lowest BCUT2D eigenvalue weighted by molar-refractivity contribution is 0.0423. The van der Waals surface area contributed by atoms with E-state index in [9.17, 15) is 13.2 Å². The summed E-state index contributed by atoms with van der Waals surface area (Å²) >= 11 is 0. The van der Waals surface area contributed by atoms with Crippen molar-refractivity contribution in [1.29, 1.82) is 0 Å². The molecule has 2 aromatic carbocycles. The second-order valence-electron chi connectivity index (χ2n) is 8.07. The van der Waals surface area contributed by atoms with Gasteiger partial charge in [-0.3, -0.25) is 0 Å². The summed E-state index contributed by atoms with van der Waals surface area (Å²) in [6.07, 6.45) is 0. The Bertz CT molecular complexity index is 1480. The molecular weight excluding hydrogens is 458 g/mol. The summed E-state index contributed by atoms with van der Waals surface area (Å²) in [5.41, 5.74) is 2.65. The first kappa shape index (κ1) is 22.6. The van der Waals surface area contributed by atoms with Gasteiger partial charge in [-0.1, -0.05) is 18.2 Å². The molecule has 0 saturated carbocycles. The van der Waals surface area contributed by atoms with Crippen molar-refractivity contribution in [3.63, 3.8) is 0 Å². The van der Waals surface area contributed by atoms with Gasteiger partial charge in [0.1, 0.15) is 18.0 Å². The molecule has 0 unspecified atom stereocenters. The van der Waals surface area contributed by atoms with Crippen LogP contribution >= 0.6 is 0 Å². The number of imidazole rings is 1. The van der Waals surface area contributed by atoms with Crippen molar-refractivity contribution in [2.75, 3.05) is 26.3 Å². The van der Waals surface area contributed by atoms with Crippen LogP contribution < -0.4 is 0 Å². The maximum atomic E-state index is 13.0. The predicted molar refractivity (Wildman–Crippen MR) is 125 cm³/mol. The molecule has 5 rings (SSSR count). The number of ether oxygens (including phenoxy) is 2. The van der Waals surface area contributed by atoms with Crippen LogP contribution in [0.2, 0.25) is 0 Å². The number of aryl methyl sites for hydroxylation is 2. The number of fused-ring (bicyclic) bond motifs is 2. The maximum absolute atomic E-state index is 13.0. The molecule has 178 valence electrons. The number of sulfonamides is 1. The Morgan fingerprint density at radius 2 is 1.91 bits per heavy atom. The van der Waals surface area contributed by atoms with Crippen LogP contribution in [0.15, 0.2) is 51.8 Å². The quantitative estimate of drug-likeness (QED) is 0.387. The van der Waals surface area contributed by atoms with Gasteiger partial charge in [0.05, 0.1) is 29.1 Å². The van der Waals surface area contributed by atoms with Crippen LogP contribution in [0.3, 0.4) is 0 Å². The predicted octanol–water partition coefficient (Wildman–Crippen LogP) is 3.49. The topological polar surface area (TPSA) is 104 Å². The number of furan rings is 1. The van der Waals surface area contributed by atoms with E-state index >= 15 is 0 Å². The molecule has 34 heavy (non-hydrogen) atoms. The molecule has 1 aliphatic heterocycles. The van der Waals surface area contributed by atoms with Crippen LogP contribution in [-0.2, 0) is 32.6 Å². The summed E-state index contributed by atoms with van der Waals surface area (Å²) in [5, 5.41) is 0.865. The third-order valence-corrected chi connectivity index (χ3v) is 7.98. The zero-order valence-electron chi connectivity index (χ0n) is 19.0. The highest BCUT2D eigenvalue weighted by atomic mass is 32.2. The summed E-state index contributed by atoms with van der Waals surface area (Å²) in [7, 11) is -3.64. The van der Waals surface area contributed by atoms with E-state index in [1.54, 1.807) is 24.3 Å². The van der Waals surface area contributed by atoms with Crippen molar-refractivity contribution in [1.82, 2.24) is 13.9 Å². The van der Waals surface area contributed by atoms with Crippen molar-refractivity contribution in [2.24, 2.45) is 0 Å². The largest absolute Gasteiger partial charge is 0.452 e. The summed E-state index contributed by atoms with van der Waals surface area (Å²) < 4.78 is 45.9. The molecule has 0 atom stereocenters. The minimum atomic E-state index is -3.64. The fourth-order valence-electron chi connectivity index (χ4n) is 4.28. The Morgan fingerprint density at radius 1 is 1.15 bits per heavy atom. The Kier molecular flexibility index (Phi) is 5.88. The lowest BCUT2D eigenvalue weighted by atomic mass is 10.1. The van der Waals surface area contributed by atoms with Crippen LogP contribution in [-0.4, -0.2) is 54.5 Å². The van der Waals surface area contributed by atoms with Gasteiger partial charge in [0.15, 0.2) is 0 Å². The van der Waals surface area contributed by atoms with Gasteiger partial charge in [-0.05, 0) is 38.1 Å². The van der Waals surface area contributed by atoms with Gasteiger partial charge in [0.2, 0.25) is 15.8 Å². The molecule has 10 heteroatoms. The van der Waals surface area contributed by atoms with Crippen molar-refractivity contribution >= 4 is 38.0 Å². The minimum absolute atomic E-state index is 0.0661. The second kappa shape index (κ2) is 8.86. The lowest BCUT2D eigenvalue weighted by Crippen LogP contribution is -2.40. The van der Waals surface area contributed by atoms with Gasteiger partial charge in [-0.2, -0.15) is 4.31 Å². The minimum Gasteiger partial charge on any atom is -0.452 e. The fraction of sp³-hybridized carbons (Fsp3) is 0.333. The number of morpholine rings is 1. The van der Waals surface area contributed by atoms with E-state index in [1.807, 2.05) is 36.6 Å². The van der Waals surface area contributed by atoms with Crippen molar-refractivity contribution in [3.8, 4) is 0 Å². The first-order chi connectivity index (χ1) is 16.4. The van der Waals surface area contributed by atoms with Crippen LogP contribution in [0.25, 0.3) is 22.0 Å². The molecular formula is C24H25N3O6S. The second-order valence-corrected chi connectivity index (χ2v) is 10.0. The van der Waals surface area contributed by atoms with E-state index in [1.165, 1.54) is 4.31 Å². The number of benzene rings is 2. The highest BCUT2D eigenvalue weighted by Crippen LogP contribution is 2.27. The molecule has 1 saturated heterocycles. The Hall–Kier alpha value is -3.21. The van der Waals surface area contributed by atoms with Gasteiger partial charge >= 0.3 is 5.97 Å². The van der Waals surface area contributed by atoms with Crippen molar-refractivity contribution < 1.29 is 27.1 Å². The number of hydrogen-bond acceptors (Lipinski definition) is 7. The molecule has 0 spiro atoms. The molecule has 0 N–H and O–H groups in total. The van der Waals surface area contributed by atoms with Crippen molar-refractivity contribution in [3.05, 3.63) is 59.6 Å². The number of esters is 1. The van der Waals surface area contributed by atoms with E-state index in [2.05, 4.69) is 4.98 Å². The first-order valence-electron chi connectivity index (χ1n) is 11.1. The average molecular weight is 484 g/mol. The Morgan fingerprint density at radius 3 is 2.65 bits per heavy atom. The molecule has 0 radical (unpaired) electrons. The number of hydrogen-bond donors (Lipinski definition) is 0. The van der Waals surface area contributed by atoms with Crippen LogP contribution in [0.5, 0.6) is 0 Å². The molecule has 4 aromatic rings. The molecule has 1 fully saturated rings. The molecule has 0 aliphatic carbocycles. The fourth-order valence-corrected chi connectivity index (χ4v) is 5.71. The molecule has 0 bridgehead atoms. The molecule has 2 aromatic heterocycles. The summed E-state index contributed by atoms with van der Waals surface area (Å²) in [5.74, 6) is 0.124. The highest BCUT2D eigenvalue weighted by Gasteiger charge is 2.27.